The molecule has 1 aromatic heterocycles. The molecule has 7 nitrogen and oxygen atoms in total. The van der Waals surface area contributed by atoms with Gasteiger partial charge in [0, 0.05) is 36.2 Å². The number of carbonyl (C=O) groups is 1. The SMILES string of the molecule is O=C(Nc1ccc(CCNCC(O)c2cccc(Cl)c2)cc1)C1CCCN1c1ncccn1. The zero-order valence-corrected chi connectivity index (χ0v) is 19.1. The van der Waals surface area contributed by atoms with Gasteiger partial charge >= 0.3 is 0 Å². The summed E-state index contributed by atoms with van der Waals surface area (Å²) in [5, 5.41) is 17.2. The summed E-state index contributed by atoms with van der Waals surface area (Å²) >= 11 is 5.98. The summed E-state index contributed by atoms with van der Waals surface area (Å²) in [6.07, 6.45) is 5.33. The van der Waals surface area contributed by atoms with Crippen molar-refractivity contribution >= 4 is 29.1 Å². The monoisotopic (exact) mass is 465 g/mol. The van der Waals surface area contributed by atoms with Crippen LogP contribution in [0.1, 0.15) is 30.1 Å². The number of nitrogens with one attached hydrogen (secondary N) is 2. The van der Waals surface area contributed by atoms with Crippen molar-refractivity contribution in [1.29, 1.82) is 0 Å². The van der Waals surface area contributed by atoms with Crippen LogP contribution in [0.2, 0.25) is 5.02 Å². The van der Waals surface area contributed by atoms with E-state index in [1.807, 2.05) is 41.3 Å². The van der Waals surface area contributed by atoms with E-state index in [2.05, 4.69) is 20.6 Å². The molecule has 2 unspecified atom stereocenters. The maximum atomic E-state index is 12.8. The number of aromatic nitrogens is 2. The van der Waals surface area contributed by atoms with Crippen molar-refractivity contribution in [3.63, 3.8) is 0 Å². The first-order valence-electron chi connectivity index (χ1n) is 11.2. The highest BCUT2D eigenvalue weighted by Crippen LogP contribution is 2.23. The molecular weight excluding hydrogens is 438 g/mol. The highest BCUT2D eigenvalue weighted by Gasteiger charge is 2.32. The lowest BCUT2D eigenvalue weighted by Crippen LogP contribution is -2.40. The van der Waals surface area contributed by atoms with Gasteiger partial charge in [0.15, 0.2) is 0 Å². The molecule has 4 rings (SSSR count). The minimum Gasteiger partial charge on any atom is -0.387 e. The van der Waals surface area contributed by atoms with E-state index in [0.717, 1.165) is 49.2 Å². The fraction of sp³-hybridized carbons (Fsp3) is 0.320. The number of hydrogen-bond donors (Lipinski definition) is 3. The first-order chi connectivity index (χ1) is 16.1. The summed E-state index contributed by atoms with van der Waals surface area (Å²) in [4.78, 5) is 23.4. The second-order valence-corrected chi connectivity index (χ2v) is 8.55. The maximum Gasteiger partial charge on any atom is 0.247 e. The van der Waals surface area contributed by atoms with Crippen LogP contribution in [0.25, 0.3) is 0 Å². The average molecular weight is 466 g/mol. The topological polar surface area (TPSA) is 90.4 Å². The van der Waals surface area contributed by atoms with Gasteiger partial charge in [-0.25, -0.2) is 9.97 Å². The molecule has 2 atom stereocenters. The molecule has 1 fully saturated rings. The van der Waals surface area contributed by atoms with Gasteiger partial charge in [-0.15, -0.1) is 0 Å². The Balaban J connectivity index is 1.23. The molecule has 0 radical (unpaired) electrons. The van der Waals surface area contributed by atoms with Gasteiger partial charge < -0.3 is 20.6 Å². The largest absolute Gasteiger partial charge is 0.387 e. The van der Waals surface area contributed by atoms with E-state index < -0.39 is 6.10 Å². The Bertz CT molecular complexity index is 1050. The molecule has 1 amide bonds. The average Bonchev–Trinajstić information content (AvgIpc) is 3.33. The fourth-order valence-electron chi connectivity index (χ4n) is 4.00. The van der Waals surface area contributed by atoms with Crippen LogP contribution >= 0.6 is 11.6 Å². The van der Waals surface area contributed by atoms with Crippen molar-refractivity contribution in [2.24, 2.45) is 0 Å². The predicted molar refractivity (Wildman–Crippen MR) is 130 cm³/mol. The summed E-state index contributed by atoms with van der Waals surface area (Å²) in [7, 11) is 0. The van der Waals surface area contributed by atoms with E-state index in [4.69, 9.17) is 11.6 Å². The molecule has 0 spiro atoms. The number of amides is 1. The van der Waals surface area contributed by atoms with Crippen LogP contribution in [-0.2, 0) is 11.2 Å². The molecule has 172 valence electrons. The Kier molecular flexibility index (Phi) is 7.88. The van der Waals surface area contributed by atoms with Crippen molar-refractivity contribution in [3.05, 3.63) is 83.1 Å². The third kappa shape index (κ3) is 6.28. The van der Waals surface area contributed by atoms with Gasteiger partial charge in [-0.2, -0.15) is 0 Å². The molecule has 0 bridgehead atoms. The van der Waals surface area contributed by atoms with Gasteiger partial charge in [0.05, 0.1) is 6.10 Å². The number of carbonyl (C=O) groups excluding carboxylic acids is 1. The summed E-state index contributed by atoms with van der Waals surface area (Å²) < 4.78 is 0. The molecule has 2 heterocycles. The van der Waals surface area contributed by atoms with Gasteiger partial charge in [-0.3, -0.25) is 4.79 Å². The van der Waals surface area contributed by atoms with Crippen LogP contribution in [0, 0.1) is 0 Å². The molecule has 0 saturated carbocycles. The molecule has 3 aromatic rings. The second-order valence-electron chi connectivity index (χ2n) is 8.11. The highest BCUT2D eigenvalue weighted by molar-refractivity contribution is 6.30. The summed E-state index contributed by atoms with van der Waals surface area (Å²) in [6.45, 7) is 1.97. The smallest absolute Gasteiger partial charge is 0.247 e. The van der Waals surface area contributed by atoms with E-state index in [0.29, 0.717) is 17.5 Å². The fourth-order valence-corrected chi connectivity index (χ4v) is 4.20. The molecule has 2 aromatic carbocycles. The standard InChI is InChI=1S/C25H28ClN5O2/c26-20-5-1-4-19(16-20)23(32)17-27-14-11-18-7-9-21(10-8-18)30-24(33)22-6-2-15-31(22)25-28-12-3-13-29-25/h1,3-5,7-10,12-13,16,22-23,27,32H,2,6,11,14-15,17H2,(H,30,33). The third-order valence-corrected chi connectivity index (χ3v) is 5.98. The third-order valence-electron chi connectivity index (χ3n) is 5.75. The van der Waals surface area contributed by atoms with Gasteiger partial charge in [0.2, 0.25) is 11.9 Å². The summed E-state index contributed by atoms with van der Waals surface area (Å²) in [6, 6.07) is 16.6. The molecule has 8 heteroatoms. The number of benzene rings is 2. The van der Waals surface area contributed by atoms with E-state index in [1.165, 1.54) is 0 Å². The molecule has 3 N–H and O–H groups in total. The number of rotatable bonds is 9. The van der Waals surface area contributed by atoms with Crippen LogP contribution < -0.4 is 15.5 Å². The molecule has 1 saturated heterocycles. The zero-order chi connectivity index (χ0) is 23.0. The van der Waals surface area contributed by atoms with Crippen molar-refractivity contribution in [3.8, 4) is 0 Å². The quantitative estimate of drug-likeness (QED) is 0.418. The van der Waals surface area contributed by atoms with Gasteiger partial charge in [0.1, 0.15) is 6.04 Å². The molecule has 33 heavy (non-hydrogen) atoms. The Morgan fingerprint density at radius 3 is 2.70 bits per heavy atom. The Hall–Kier alpha value is -3.00. The van der Waals surface area contributed by atoms with Crippen molar-refractivity contribution in [2.75, 3.05) is 29.9 Å². The van der Waals surface area contributed by atoms with E-state index >= 15 is 0 Å². The first kappa shape index (κ1) is 23.2. The van der Waals surface area contributed by atoms with Crippen LogP contribution in [0.5, 0.6) is 0 Å². The van der Waals surface area contributed by atoms with E-state index in [9.17, 15) is 9.90 Å². The lowest BCUT2D eigenvalue weighted by atomic mass is 10.1. The minimum absolute atomic E-state index is 0.0376. The van der Waals surface area contributed by atoms with Crippen LogP contribution in [0.4, 0.5) is 11.6 Å². The van der Waals surface area contributed by atoms with Crippen LogP contribution in [0.15, 0.2) is 67.0 Å². The Morgan fingerprint density at radius 1 is 1.15 bits per heavy atom. The van der Waals surface area contributed by atoms with E-state index in [1.54, 1.807) is 30.6 Å². The number of aliphatic hydroxyl groups is 1. The summed E-state index contributed by atoms with van der Waals surface area (Å²) in [5.74, 6) is 0.558. The van der Waals surface area contributed by atoms with Crippen molar-refractivity contribution in [2.45, 2.75) is 31.4 Å². The van der Waals surface area contributed by atoms with Gasteiger partial charge in [-0.1, -0.05) is 35.9 Å². The molecule has 1 aliphatic heterocycles. The van der Waals surface area contributed by atoms with Crippen LogP contribution in [0.3, 0.4) is 0 Å². The number of aliphatic hydroxyl groups excluding tert-OH is 1. The van der Waals surface area contributed by atoms with E-state index in [-0.39, 0.29) is 11.9 Å². The van der Waals surface area contributed by atoms with Gasteiger partial charge in [0.25, 0.3) is 0 Å². The predicted octanol–water partition coefficient (Wildman–Crippen LogP) is 3.60. The second kappa shape index (κ2) is 11.2. The molecule has 0 aliphatic carbocycles. The Morgan fingerprint density at radius 2 is 1.94 bits per heavy atom. The zero-order valence-electron chi connectivity index (χ0n) is 18.3. The number of hydrogen-bond acceptors (Lipinski definition) is 6. The Labute approximate surface area is 198 Å². The summed E-state index contributed by atoms with van der Waals surface area (Å²) in [5.41, 5.74) is 2.72. The number of halogens is 1. The number of nitrogens with zero attached hydrogens (tertiary/aromatic N) is 3. The highest BCUT2D eigenvalue weighted by atomic mass is 35.5. The van der Waals surface area contributed by atoms with Crippen molar-refractivity contribution in [1.82, 2.24) is 15.3 Å². The molecule has 1 aliphatic rings. The molecular formula is C25H28ClN5O2. The normalized spacial score (nSPS) is 16.5. The lowest BCUT2D eigenvalue weighted by Gasteiger charge is -2.23. The lowest BCUT2D eigenvalue weighted by molar-refractivity contribution is -0.117. The minimum atomic E-state index is -0.599. The van der Waals surface area contributed by atoms with Gasteiger partial charge in [-0.05, 0) is 67.3 Å². The van der Waals surface area contributed by atoms with Crippen LogP contribution in [-0.4, -0.2) is 46.7 Å². The first-order valence-corrected chi connectivity index (χ1v) is 11.6. The maximum absolute atomic E-state index is 12.8. The number of anilines is 2. The van der Waals surface area contributed by atoms with Crippen molar-refractivity contribution < 1.29 is 9.90 Å².